The molecule has 0 aliphatic carbocycles. The average Bonchev–Trinajstić information content (AvgIpc) is 3.59. The van der Waals surface area contributed by atoms with Crippen LogP contribution in [0, 0.1) is 5.92 Å². The highest BCUT2D eigenvalue weighted by atomic mass is 16.6. The predicted octanol–water partition coefficient (Wildman–Crippen LogP) is 5.94. The normalized spacial score (nSPS) is 16.3. The van der Waals surface area contributed by atoms with Crippen molar-refractivity contribution in [2.45, 2.75) is 123 Å². The summed E-state index contributed by atoms with van der Waals surface area (Å²) in [4.78, 5) is 24.0. The van der Waals surface area contributed by atoms with Crippen molar-refractivity contribution < 1.29 is 19.1 Å². The molecule has 30 heavy (non-hydrogen) atoms. The Morgan fingerprint density at radius 1 is 0.833 bits per heavy atom. The number of rotatable bonds is 21. The van der Waals surface area contributed by atoms with Crippen LogP contribution in [0.5, 0.6) is 0 Å². The lowest BCUT2D eigenvalue weighted by Gasteiger charge is -2.16. The smallest absolute Gasteiger partial charge is 0.308 e. The molecule has 0 bridgehead atoms. The highest BCUT2D eigenvalue weighted by Crippen LogP contribution is 2.20. The third-order valence-corrected chi connectivity index (χ3v) is 5.89. The molecule has 5 nitrogen and oxygen atoms in total. The van der Waals surface area contributed by atoms with E-state index in [2.05, 4.69) is 19.2 Å². The maximum atomic E-state index is 12.6. The second-order valence-corrected chi connectivity index (χ2v) is 8.80. The molecule has 1 N–H and O–H groups in total. The molecule has 1 aliphatic heterocycles. The van der Waals surface area contributed by atoms with Crippen molar-refractivity contribution in [1.29, 1.82) is 0 Å². The summed E-state index contributed by atoms with van der Waals surface area (Å²) in [7, 11) is 0. The summed E-state index contributed by atoms with van der Waals surface area (Å²) in [5.41, 5.74) is 0. The molecular weight excluding hydrogens is 378 g/mol. The van der Waals surface area contributed by atoms with Crippen LogP contribution < -0.4 is 5.32 Å². The fourth-order valence-electron chi connectivity index (χ4n) is 3.76. The van der Waals surface area contributed by atoms with E-state index in [0.29, 0.717) is 19.8 Å². The molecule has 1 fully saturated rings. The maximum absolute atomic E-state index is 12.6. The second-order valence-electron chi connectivity index (χ2n) is 8.80. The zero-order chi connectivity index (χ0) is 21.9. The number of hydrogen-bond acceptors (Lipinski definition) is 4. The van der Waals surface area contributed by atoms with E-state index in [4.69, 9.17) is 9.47 Å². The van der Waals surface area contributed by atoms with Gasteiger partial charge in [-0.05, 0) is 32.1 Å². The largest absolute Gasteiger partial charge is 0.465 e. The van der Waals surface area contributed by atoms with Gasteiger partial charge in [0.05, 0.1) is 19.1 Å². The van der Waals surface area contributed by atoms with Crippen LogP contribution in [0.1, 0.15) is 117 Å². The van der Waals surface area contributed by atoms with E-state index >= 15 is 0 Å². The first kappa shape index (κ1) is 26.9. The molecule has 1 amide bonds. The van der Waals surface area contributed by atoms with Crippen molar-refractivity contribution in [2.75, 3.05) is 19.8 Å². The molecule has 2 atom stereocenters. The summed E-state index contributed by atoms with van der Waals surface area (Å²) >= 11 is 0. The van der Waals surface area contributed by atoms with Gasteiger partial charge in [-0.3, -0.25) is 9.59 Å². The zero-order valence-corrected chi connectivity index (χ0v) is 19.7. The average molecular weight is 426 g/mol. The Bertz CT molecular complexity index is 437. The standard InChI is InChI=1S/C25H47NO4/c1-3-5-7-9-10-14-18-22(17-13-8-6-4-2)25(28)29-20-16-12-11-15-19-26-24(27)23-21-30-23/h22-23H,3-21H2,1-2H3,(H,26,27). The minimum absolute atomic E-state index is 0.0132. The predicted molar refractivity (Wildman–Crippen MR) is 122 cm³/mol. The lowest BCUT2D eigenvalue weighted by molar-refractivity contribution is -0.149. The third kappa shape index (κ3) is 14.8. The minimum atomic E-state index is -0.198. The molecular formula is C25H47NO4. The number of carbonyl (C=O) groups excluding carboxylic acids is 2. The fourth-order valence-corrected chi connectivity index (χ4v) is 3.76. The minimum Gasteiger partial charge on any atom is -0.465 e. The summed E-state index contributed by atoms with van der Waals surface area (Å²) in [6.07, 6.45) is 18.2. The van der Waals surface area contributed by atoms with Gasteiger partial charge in [0.1, 0.15) is 0 Å². The van der Waals surface area contributed by atoms with Gasteiger partial charge < -0.3 is 14.8 Å². The molecule has 0 saturated carbocycles. The van der Waals surface area contributed by atoms with E-state index in [9.17, 15) is 9.59 Å². The lowest BCUT2D eigenvalue weighted by Crippen LogP contribution is -2.28. The molecule has 1 heterocycles. The van der Waals surface area contributed by atoms with Crippen molar-refractivity contribution in [3.05, 3.63) is 0 Å². The molecule has 0 aromatic carbocycles. The number of epoxide rings is 1. The Morgan fingerprint density at radius 3 is 2.00 bits per heavy atom. The van der Waals surface area contributed by atoms with Crippen LogP contribution in [-0.4, -0.2) is 37.7 Å². The molecule has 2 unspecified atom stereocenters. The Kier molecular flexibility index (Phi) is 16.7. The SMILES string of the molecule is CCCCCCCCC(CCCCCC)C(=O)OCCCCCCNC(=O)C1CO1. The number of unbranched alkanes of at least 4 members (excludes halogenated alkanes) is 11. The Morgan fingerprint density at radius 2 is 1.37 bits per heavy atom. The summed E-state index contributed by atoms with van der Waals surface area (Å²) in [6, 6.07) is 0. The topological polar surface area (TPSA) is 67.9 Å². The summed E-state index contributed by atoms with van der Waals surface area (Å²) < 4.78 is 10.6. The molecule has 1 rings (SSSR count). The van der Waals surface area contributed by atoms with E-state index in [1.807, 2.05) is 0 Å². The zero-order valence-electron chi connectivity index (χ0n) is 19.7. The summed E-state index contributed by atoms with van der Waals surface area (Å²) in [5.74, 6) is 0.129. The van der Waals surface area contributed by atoms with Crippen LogP contribution >= 0.6 is 0 Å². The van der Waals surface area contributed by atoms with Gasteiger partial charge >= 0.3 is 5.97 Å². The molecule has 5 heteroatoms. The van der Waals surface area contributed by atoms with Crippen LogP contribution in [0.4, 0.5) is 0 Å². The highest BCUT2D eigenvalue weighted by molar-refractivity contribution is 5.82. The van der Waals surface area contributed by atoms with Gasteiger partial charge in [-0.1, -0.05) is 84.5 Å². The van der Waals surface area contributed by atoms with Crippen molar-refractivity contribution >= 4 is 11.9 Å². The van der Waals surface area contributed by atoms with E-state index in [1.165, 1.54) is 51.4 Å². The van der Waals surface area contributed by atoms with Crippen molar-refractivity contribution in [3.8, 4) is 0 Å². The van der Waals surface area contributed by atoms with Gasteiger partial charge in [-0.2, -0.15) is 0 Å². The number of amides is 1. The van der Waals surface area contributed by atoms with Crippen LogP contribution in [-0.2, 0) is 19.1 Å². The second kappa shape index (κ2) is 18.7. The van der Waals surface area contributed by atoms with Crippen LogP contribution in [0.3, 0.4) is 0 Å². The first-order chi connectivity index (χ1) is 14.7. The highest BCUT2D eigenvalue weighted by Gasteiger charge is 2.30. The van der Waals surface area contributed by atoms with Gasteiger partial charge in [0.15, 0.2) is 6.10 Å². The number of esters is 1. The van der Waals surface area contributed by atoms with E-state index in [-0.39, 0.29) is 23.9 Å². The van der Waals surface area contributed by atoms with Gasteiger partial charge in [0.2, 0.25) is 0 Å². The van der Waals surface area contributed by atoms with E-state index in [0.717, 1.165) is 51.4 Å². The number of hydrogen-bond donors (Lipinski definition) is 1. The monoisotopic (exact) mass is 425 g/mol. The third-order valence-electron chi connectivity index (χ3n) is 5.89. The van der Waals surface area contributed by atoms with E-state index in [1.54, 1.807) is 0 Å². The summed E-state index contributed by atoms with van der Waals surface area (Å²) in [6.45, 7) is 6.26. The van der Waals surface area contributed by atoms with Crippen LogP contribution in [0.2, 0.25) is 0 Å². The Balaban J connectivity index is 2.09. The summed E-state index contributed by atoms with van der Waals surface area (Å²) in [5, 5.41) is 2.88. The number of carbonyl (C=O) groups is 2. The van der Waals surface area contributed by atoms with Gasteiger partial charge in [-0.25, -0.2) is 0 Å². The quantitative estimate of drug-likeness (QED) is 0.140. The van der Waals surface area contributed by atoms with Crippen molar-refractivity contribution in [3.63, 3.8) is 0 Å². The van der Waals surface area contributed by atoms with Crippen molar-refractivity contribution in [2.24, 2.45) is 5.92 Å². The molecule has 176 valence electrons. The molecule has 0 aromatic rings. The van der Waals surface area contributed by atoms with Crippen LogP contribution in [0.25, 0.3) is 0 Å². The molecule has 1 saturated heterocycles. The van der Waals surface area contributed by atoms with Gasteiger partial charge in [0, 0.05) is 6.54 Å². The molecule has 1 aliphatic rings. The Hall–Kier alpha value is -1.10. The molecule has 0 aromatic heterocycles. The molecule has 0 spiro atoms. The number of ether oxygens (including phenoxy) is 2. The molecule has 0 radical (unpaired) electrons. The fraction of sp³-hybridized carbons (Fsp3) is 0.920. The van der Waals surface area contributed by atoms with Gasteiger partial charge in [-0.15, -0.1) is 0 Å². The maximum Gasteiger partial charge on any atom is 0.308 e. The first-order valence-corrected chi connectivity index (χ1v) is 12.7. The lowest BCUT2D eigenvalue weighted by atomic mass is 9.94. The first-order valence-electron chi connectivity index (χ1n) is 12.7. The van der Waals surface area contributed by atoms with Gasteiger partial charge in [0.25, 0.3) is 5.91 Å². The van der Waals surface area contributed by atoms with E-state index < -0.39 is 0 Å². The number of nitrogens with one attached hydrogen (secondary N) is 1. The van der Waals surface area contributed by atoms with Crippen molar-refractivity contribution in [1.82, 2.24) is 5.32 Å². The van der Waals surface area contributed by atoms with Crippen LogP contribution in [0.15, 0.2) is 0 Å². The Labute approximate surface area is 185 Å².